The topological polar surface area (TPSA) is 54.0 Å². The zero-order valence-electron chi connectivity index (χ0n) is 10.2. The molecule has 1 saturated carbocycles. The lowest BCUT2D eigenvalue weighted by Gasteiger charge is -2.04. The molecule has 0 saturated heterocycles. The number of amides is 1. The van der Waals surface area contributed by atoms with E-state index in [0.29, 0.717) is 19.0 Å². The Bertz CT molecular complexity index is 374. The highest BCUT2D eigenvalue weighted by molar-refractivity contribution is 7.09. The maximum atomic E-state index is 11.5. The Morgan fingerprint density at radius 3 is 3.00 bits per heavy atom. The fourth-order valence-electron chi connectivity index (χ4n) is 1.62. The predicted octanol–water partition coefficient (Wildman–Crippen LogP) is 1.25. The molecule has 0 radical (unpaired) electrons. The van der Waals surface area contributed by atoms with Gasteiger partial charge in [0, 0.05) is 37.4 Å². The monoisotopic (exact) mass is 253 g/mol. The van der Waals surface area contributed by atoms with E-state index < -0.39 is 0 Å². The summed E-state index contributed by atoms with van der Waals surface area (Å²) in [7, 11) is 0. The summed E-state index contributed by atoms with van der Waals surface area (Å²) in [6.07, 6.45) is 3.94. The van der Waals surface area contributed by atoms with Gasteiger partial charge in [-0.25, -0.2) is 4.98 Å². The van der Waals surface area contributed by atoms with Crippen LogP contribution in [0.3, 0.4) is 0 Å². The molecule has 1 fully saturated rings. The summed E-state index contributed by atoms with van der Waals surface area (Å²) in [5, 5.41) is 9.38. The molecule has 0 spiro atoms. The summed E-state index contributed by atoms with van der Waals surface area (Å²) in [5.41, 5.74) is 1.07. The van der Waals surface area contributed by atoms with Gasteiger partial charge in [0.25, 0.3) is 0 Å². The highest BCUT2D eigenvalue weighted by Gasteiger charge is 2.19. The first-order valence-electron chi connectivity index (χ1n) is 6.15. The minimum atomic E-state index is 0.130. The molecule has 0 aromatic carbocycles. The normalized spacial score (nSPS) is 14.9. The largest absolute Gasteiger partial charge is 0.356 e. The van der Waals surface area contributed by atoms with Gasteiger partial charge in [0.05, 0.1) is 10.7 Å². The van der Waals surface area contributed by atoms with Gasteiger partial charge in [0.2, 0.25) is 5.91 Å². The molecule has 1 heterocycles. The van der Waals surface area contributed by atoms with Crippen LogP contribution in [0.2, 0.25) is 0 Å². The van der Waals surface area contributed by atoms with Crippen LogP contribution in [0.4, 0.5) is 0 Å². The predicted molar refractivity (Wildman–Crippen MR) is 69.2 cm³/mol. The number of aromatic nitrogens is 1. The van der Waals surface area contributed by atoms with Gasteiger partial charge in [-0.15, -0.1) is 11.3 Å². The molecular weight excluding hydrogens is 234 g/mol. The second kappa shape index (κ2) is 6.12. The number of thiazole rings is 1. The second-order valence-corrected chi connectivity index (χ2v) is 5.50. The first-order valence-corrected chi connectivity index (χ1v) is 7.03. The highest BCUT2D eigenvalue weighted by Crippen LogP contribution is 2.18. The summed E-state index contributed by atoms with van der Waals surface area (Å²) in [6.45, 7) is 3.48. The van der Waals surface area contributed by atoms with E-state index in [1.54, 1.807) is 11.3 Å². The Labute approximate surface area is 106 Å². The molecule has 0 aliphatic heterocycles. The standard InChI is InChI=1S/C12H19N3OS/c1-9-15-11(8-17-9)4-6-14-12(16)5-7-13-10-2-3-10/h8,10,13H,2-7H2,1H3,(H,14,16). The van der Waals surface area contributed by atoms with Gasteiger partial charge < -0.3 is 10.6 Å². The molecule has 0 atom stereocenters. The lowest BCUT2D eigenvalue weighted by Crippen LogP contribution is -2.29. The van der Waals surface area contributed by atoms with Crippen LogP contribution in [-0.2, 0) is 11.2 Å². The molecule has 0 bridgehead atoms. The molecule has 1 aromatic heterocycles. The van der Waals surface area contributed by atoms with E-state index in [1.807, 2.05) is 6.92 Å². The molecule has 1 amide bonds. The Morgan fingerprint density at radius 2 is 2.35 bits per heavy atom. The van der Waals surface area contributed by atoms with Gasteiger partial charge >= 0.3 is 0 Å². The van der Waals surface area contributed by atoms with Gasteiger partial charge in [-0.05, 0) is 19.8 Å². The lowest BCUT2D eigenvalue weighted by atomic mass is 10.3. The van der Waals surface area contributed by atoms with E-state index in [2.05, 4.69) is 21.0 Å². The van der Waals surface area contributed by atoms with Crippen molar-refractivity contribution in [1.82, 2.24) is 15.6 Å². The highest BCUT2D eigenvalue weighted by atomic mass is 32.1. The van der Waals surface area contributed by atoms with Crippen LogP contribution >= 0.6 is 11.3 Å². The van der Waals surface area contributed by atoms with Crippen molar-refractivity contribution in [3.05, 3.63) is 16.1 Å². The van der Waals surface area contributed by atoms with Gasteiger partial charge in [-0.3, -0.25) is 4.79 Å². The van der Waals surface area contributed by atoms with Crippen molar-refractivity contribution in [3.63, 3.8) is 0 Å². The number of carbonyl (C=O) groups is 1. The number of rotatable bonds is 7. The van der Waals surface area contributed by atoms with Crippen molar-refractivity contribution in [1.29, 1.82) is 0 Å². The van der Waals surface area contributed by atoms with Crippen LogP contribution in [0, 0.1) is 6.92 Å². The van der Waals surface area contributed by atoms with Gasteiger partial charge in [-0.2, -0.15) is 0 Å². The number of hydrogen-bond acceptors (Lipinski definition) is 4. The Kier molecular flexibility index (Phi) is 4.50. The van der Waals surface area contributed by atoms with Crippen LogP contribution < -0.4 is 10.6 Å². The van der Waals surface area contributed by atoms with Crippen molar-refractivity contribution in [3.8, 4) is 0 Å². The maximum Gasteiger partial charge on any atom is 0.221 e. The Balaban J connectivity index is 1.53. The van der Waals surface area contributed by atoms with Crippen LogP contribution in [0.1, 0.15) is 30.0 Å². The molecule has 1 aliphatic rings. The zero-order chi connectivity index (χ0) is 12.1. The fourth-order valence-corrected chi connectivity index (χ4v) is 2.27. The molecule has 4 nitrogen and oxygen atoms in total. The number of aryl methyl sites for hydroxylation is 1. The zero-order valence-corrected chi connectivity index (χ0v) is 11.0. The van der Waals surface area contributed by atoms with Crippen LogP contribution in [0.25, 0.3) is 0 Å². The molecule has 17 heavy (non-hydrogen) atoms. The van der Waals surface area contributed by atoms with E-state index >= 15 is 0 Å². The van der Waals surface area contributed by atoms with E-state index in [0.717, 1.165) is 23.7 Å². The fraction of sp³-hybridized carbons (Fsp3) is 0.667. The van der Waals surface area contributed by atoms with Gasteiger partial charge in [0.15, 0.2) is 0 Å². The molecule has 2 rings (SSSR count). The van der Waals surface area contributed by atoms with E-state index in [-0.39, 0.29) is 5.91 Å². The van der Waals surface area contributed by atoms with Crippen molar-refractivity contribution >= 4 is 17.2 Å². The van der Waals surface area contributed by atoms with Crippen LogP contribution in [-0.4, -0.2) is 30.0 Å². The Hall–Kier alpha value is -0.940. The van der Waals surface area contributed by atoms with E-state index in [4.69, 9.17) is 0 Å². The summed E-state index contributed by atoms with van der Waals surface area (Å²) in [6, 6.07) is 0.681. The molecular formula is C12H19N3OS. The van der Waals surface area contributed by atoms with Crippen molar-refractivity contribution in [2.75, 3.05) is 13.1 Å². The summed E-state index contributed by atoms with van der Waals surface area (Å²) in [4.78, 5) is 15.8. The van der Waals surface area contributed by atoms with Gasteiger partial charge in [0.1, 0.15) is 0 Å². The smallest absolute Gasteiger partial charge is 0.221 e. The third-order valence-corrected chi connectivity index (χ3v) is 3.55. The third kappa shape index (κ3) is 4.83. The van der Waals surface area contributed by atoms with Crippen molar-refractivity contribution in [2.24, 2.45) is 0 Å². The minimum absolute atomic E-state index is 0.130. The lowest BCUT2D eigenvalue weighted by molar-refractivity contribution is -0.120. The first kappa shape index (κ1) is 12.5. The number of carbonyl (C=O) groups excluding carboxylic acids is 1. The number of hydrogen-bond donors (Lipinski definition) is 2. The Morgan fingerprint density at radius 1 is 1.53 bits per heavy atom. The minimum Gasteiger partial charge on any atom is -0.356 e. The van der Waals surface area contributed by atoms with Crippen LogP contribution in [0.15, 0.2) is 5.38 Å². The first-order chi connectivity index (χ1) is 8.24. The number of nitrogens with one attached hydrogen (secondary N) is 2. The summed E-state index contributed by atoms with van der Waals surface area (Å²) >= 11 is 1.65. The summed E-state index contributed by atoms with van der Waals surface area (Å²) in [5.74, 6) is 0.130. The average molecular weight is 253 g/mol. The molecule has 2 N–H and O–H groups in total. The van der Waals surface area contributed by atoms with E-state index in [1.165, 1.54) is 12.8 Å². The average Bonchev–Trinajstić information content (AvgIpc) is 3.02. The molecule has 94 valence electrons. The van der Waals surface area contributed by atoms with Gasteiger partial charge in [-0.1, -0.05) is 0 Å². The number of nitrogens with zero attached hydrogens (tertiary/aromatic N) is 1. The van der Waals surface area contributed by atoms with Crippen molar-refractivity contribution in [2.45, 2.75) is 38.6 Å². The molecule has 1 aliphatic carbocycles. The quantitative estimate of drug-likeness (QED) is 0.769. The molecule has 0 unspecified atom stereocenters. The van der Waals surface area contributed by atoms with E-state index in [9.17, 15) is 4.79 Å². The third-order valence-electron chi connectivity index (χ3n) is 2.73. The second-order valence-electron chi connectivity index (χ2n) is 4.44. The molecule has 5 heteroatoms. The summed E-state index contributed by atoms with van der Waals surface area (Å²) < 4.78 is 0. The SMILES string of the molecule is Cc1nc(CCNC(=O)CCNC2CC2)cs1. The van der Waals surface area contributed by atoms with Crippen LogP contribution in [0.5, 0.6) is 0 Å². The maximum absolute atomic E-state index is 11.5. The van der Waals surface area contributed by atoms with Crippen molar-refractivity contribution < 1.29 is 4.79 Å². The molecule has 1 aromatic rings.